The fraction of sp³-hybridized carbons (Fsp3) is 0.154. The second-order valence-electron chi connectivity index (χ2n) is 4.14. The zero-order valence-corrected chi connectivity index (χ0v) is 10.6. The minimum Gasteiger partial charge on any atom is -0.465 e. The van der Waals surface area contributed by atoms with Crippen LogP contribution in [0.4, 0.5) is 18.0 Å². The van der Waals surface area contributed by atoms with Gasteiger partial charge in [-0.3, -0.25) is 9.97 Å². The number of aromatic nitrogens is 2. The Kier molecular flexibility index (Phi) is 4.06. The van der Waals surface area contributed by atoms with Crippen molar-refractivity contribution in [1.29, 1.82) is 0 Å². The first-order valence-corrected chi connectivity index (χ1v) is 5.81. The molecule has 2 N–H and O–H groups in total. The fourth-order valence-corrected chi connectivity index (χ4v) is 1.63. The summed E-state index contributed by atoms with van der Waals surface area (Å²) in [6.45, 7) is 0.0823. The van der Waals surface area contributed by atoms with Crippen LogP contribution in [0, 0.1) is 0 Å². The largest absolute Gasteiger partial charge is 0.465 e. The highest BCUT2D eigenvalue weighted by Gasteiger charge is 2.32. The number of amides is 1. The van der Waals surface area contributed by atoms with Gasteiger partial charge >= 0.3 is 12.3 Å². The average molecular weight is 297 g/mol. The quantitative estimate of drug-likeness (QED) is 0.913. The third kappa shape index (κ3) is 3.91. The van der Waals surface area contributed by atoms with Gasteiger partial charge < -0.3 is 10.4 Å². The lowest BCUT2D eigenvalue weighted by molar-refractivity contribution is -0.141. The van der Waals surface area contributed by atoms with Crippen molar-refractivity contribution in [2.75, 3.05) is 0 Å². The van der Waals surface area contributed by atoms with Gasteiger partial charge in [0.25, 0.3) is 0 Å². The van der Waals surface area contributed by atoms with Crippen molar-refractivity contribution in [2.24, 2.45) is 0 Å². The molecule has 2 aromatic rings. The van der Waals surface area contributed by atoms with Crippen LogP contribution in [0.1, 0.15) is 11.3 Å². The number of hydrogen-bond donors (Lipinski definition) is 2. The van der Waals surface area contributed by atoms with Crippen molar-refractivity contribution in [2.45, 2.75) is 12.7 Å². The Morgan fingerprint density at radius 3 is 2.57 bits per heavy atom. The van der Waals surface area contributed by atoms with Gasteiger partial charge in [-0.05, 0) is 29.8 Å². The molecule has 2 rings (SSSR count). The Morgan fingerprint density at radius 2 is 2.00 bits per heavy atom. The number of nitrogens with zero attached hydrogens (tertiary/aromatic N) is 2. The molecule has 0 atom stereocenters. The van der Waals surface area contributed by atoms with Gasteiger partial charge in [0.1, 0.15) is 5.69 Å². The molecule has 0 bridgehead atoms. The third-order valence-electron chi connectivity index (χ3n) is 2.62. The summed E-state index contributed by atoms with van der Waals surface area (Å²) in [5.74, 6) is 0. The maximum absolute atomic E-state index is 12.4. The highest BCUT2D eigenvalue weighted by molar-refractivity contribution is 5.64. The molecule has 0 aliphatic heterocycles. The van der Waals surface area contributed by atoms with Gasteiger partial charge in [0.15, 0.2) is 0 Å². The van der Waals surface area contributed by atoms with E-state index in [1.165, 1.54) is 12.3 Å². The minimum absolute atomic E-state index is 0.0823. The molecule has 2 aromatic heterocycles. The van der Waals surface area contributed by atoms with E-state index in [-0.39, 0.29) is 6.54 Å². The van der Waals surface area contributed by atoms with Crippen LogP contribution in [0.5, 0.6) is 0 Å². The first kappa shape index (κ1) is 14.8. The number of pyridine rings is 2. The monoisotopic (exact) mass is 297 g/mol. The maximum Gasteiger partial charge on any atom is 0.433 e. The van der Waals surface area contributed by atoms with Gasteiger partial charge in [0.2, 0.25) is 0 Å². The van der Waals surface area contributed by atoms with Crippen LogP contribution in [-0.2, 0) is 12.7 Å². The van der Waals surface area contributed by atoms with Gasteiger partial charge in [-0.15, -0.1) is 0 Å². The van der Waals surface area contributed by atoms with Crippen LogP contribution in [0.25, 0.3) is 11.3 Å². The van der Waals surface area contributed by atoms with Crippen molar-refractivity contribution < 1.29 is 23.1 Å². The molecule has 0 aliphatic rings. The molecule has 8 heteroatoms. The topological polar surface area (TPSA) is 75.1 Å². The van der Waals surface area contributed by atoms with E-state index in [9.17, 15) is 18.0 Å². The smallest absolute Gasteiger partial charge is 0.433 e. The minimum atomic E-state index is -4.49. The normalized spacial score (nSPS) is 11.2. The number of carbonyl (C=O) groups is 1. The molecule has 0 fully saturated rings. The van der Waals surface area contributed by atoms with Crippen molar-refractivity contribution in [3.05, 3.63) is 47.9 Å². The maximum atomic E-state index is 12.4. The molecule has 21 heavy (non-hydrogen) atoms. The number of halogens is 3. The molecule has 0 saturated carbocycles. The molecule has 1 amide bonds. The highest BCUT2D eigenvalue weighted by atomic mass is 19.4. The van der Waals surface area contributed by atoms with Gasteiger partial charge in [-0.25, -0.2) is 4.79 Å². The van der Waals surface area contributed by atoms with E-state index in [1.807, 2.05) is 0 Å². The summed E-state index contributed by atoms with van der Waals surface area (Å²) < 4.78 is 37.3. The number of carboxylic acid groups (broad SMARTS) is 1. The molecule has 0 saturated heterocycles. The molecule has 110 valence electrons. The predicted octanol–water partition coefficient (Wildman–Crippen LogP) is 2.93. The highest BCUT2D eigenvalue weighted by Crippen LogP contribution is 2.28. The molecule has 0 aliphatic carbocycles. The first-order chi connectivity index (χ1) is 9.86. The summed E-state index contributed by atoms with van der Waals surface area (Å²) in [6, 6.07) is 5.34. The lowest BCUT2D eigenvalue weighted by Crippen LogP contribution is -2.19. The Balaban J connectivity index is 2.22. The fourth-order valence-electron chi connectivity index (χ4n) is 1.63. The van der Waals surface area contributed by atoms with Crippen LogP contribution >= 0.6 is 0 Å². The lowest BCUT2D eigenvalue weighted by Gasteiger charge is -2.07. The molecule has 0 aromatic carbocycles. The summed E-state index contributed by atoms with van der Waals surface area (Å²) in [7, 11) is 0. The van der Waals surface area contributed by atoms with E-state index in [2.05, 4.69) is 15.3 Å². The molecule has 0 unspecified atom stereocenters. The van der Waals surface area contributed by atoms with Crippen molar-refractivity contribution in [3.63, 3.8) is 0 Å². The standard InChI is InChI=1S/C13H10F3N3O2/c14-13(15,16)11-2-1-9(7-18-11)10-5-8(3-4-17-10)6-19-12(20)21/h1-5,7,19H,6H2,(H,20,21). The summed E-state index contributed by atoms with van der Waals surface area (Å²) >= 11 is 0. The van der Waals surface area contributed by atoms with Gasteiger partial charge in [-0.2, -0.15) is 13.2 Å². The van der Waals surface area contributed by atoms with Gasteiger partial charge in [0.05, 0.1) is 5.69 Å². The number of alkyl halides is 3. The first-order valence-electron chi connectivity index (χ1n) is 5.81. The Bertz CT molecular complexity index is 642. The molecule has 5 nitrogen and oxygen atoms in total. The van der Waals surface area contributed by atoms with Crippen LogP contribution < -0.4 is 5.32 Å². The number of hydrogen-bond acceptors (Lipinski definition) is 3. The SMILES string of the molecule is O=C(O)NCc1ccnc(-c2ccc(C(F)(F)F)nc2)c1. The predicted molar refractivity (Wildman–Crippen MR) is 67.3 cm³/mol. The molecular formula is C13H10F3N3O2. The molecular weight excluding hydrogens is 287 g/mol. The van der Waals surface area contributed by atoms with E-state index < -0.39 is 18.0 Å². The van der Waals surface area contributed by atoms with Crippen molar-refractivity contribution >= 4 is 6.09 Å². The summed E-state index contributed by atoms with van der Waals surface area (Å²) in [6.07, 6.45) is -3.12. The van der Waals surface area contributed by atoms with E-state index in [0.717, 1.165) is 12.3 Å². The van der Waals surface area contributed by atoms with Gasteiger partial charge in [0, 0.05) is 24.5 Å². The molecule has 0 radical (unpaired) electrons. The van der Waals surface area contributed by atoms with E-state index >= 15 is 0 Å². The summed E-state index contributed by atoms with van der Waals surface area (Å²) in [5, 5.41) is 10.7. The number of nitrogens with one attached hydrogen (secondary N) is 1. The van der Waals surface area contributed by atoms with Crippen LogP contribution in [-0.4, -0.2) is 21.2 Å². The Hall–Kier alpha value is -2.64. The van der Waals surface area contributed by atoms with E-state index in [1.54, 1.807) is 12.1 Å². The summed E-state index contributed by atoms with van der Waals surface area (Å²) in [5.41, 5.74) is 0.498. The zero-order chi connectivity index (χ0) is 15.5. The second-order valence-corrected chi connectivity index (χ2v) is 4.14. The van der Waals surface area contributed by atoms with E-state index in [4.69, 9.17) is 5.11 Å². The zero-order valence-electron chi connectivity index (χ0n) is 10.6. The van der Waals surface area contributed by atoms with Crippen LogP contribution in [0.2, 0.25) is 0 Å². The van der Waals surface area contributed by atoms with Gasteiger partial charge in [-0.1, -0.05) is 0 Å². The lowest BCUT2D eigenvalue weighted by atomic mass is 10.1. The Labute approximate surface area is 117 Å². The average Bonchev–Trinajstić information content (AvgIpc) is 2.45. The molecule has 0 spiro atoms. The van der Waals surface area contributed by atoms with Crippen molar-refractivity contribution in [3.8, 4) is 11.3 Å². The van der Waals surface area contributed by atoms with Crippen molar-refractivity contribution in [1.82, 2.24) is 15.3 Å². The molecule has 2 heterocycles. The Morgan fingerprint density at radius 1 is 1.24 bits per heavy atom. The van der Waals surface area contributed by atoms with Crippen LogP contribution in [0.3, 0.4) is 0 Å². The second kappa shape index (κ2) is 5.78. The van der Waals surface area contributed by atoms with Crippen LogP contribution in [0.15, 0.2) is 36.7 Å². The van der Waals surface area contributed by atoms with E-state index in [0.29, 0.717) is 16.8 Å². The third-order valence-corrected chi connectivity index (χ3v) is 2.62. The number of rotatable bonds is 3. The summed E-state index contributed by atoms with van der Waals surface area (Å²) in [4.78, 5) is 17.8.